The summed E-state index contributed by atoms with van der Waals surface area (Å²) in [7, 11) is 2.14. The maximum Gasteiger partial charge on any atom is 0.127 e. The van der Waals surface area contributed by atoms with Crippen LogP contribution in [0.2, 0.25) is 0 Å². The summed E-state index contributed by atoms with van der Waals surface area (Å²) < 4.78 is 0. The highest BCUT2D eigenvalue weighted by molar-refractivity contribution is 5.38. The summed E-state index contributed by atoms with van der Waals surface area (Å²) in [5, 5.41) is 0. The van der Waals surface area contributed by atoms with E-state index < -0.39 is 0 Å². The molecule has 0 amide bonds. The molecule has 1 aromatic rings. The zero-order chi connectivity index (χ0) is 9.97. The lowest BCUT2D eigenvalue weighted by molar-refractivity contribution is 0.313. The average molecular weight is 191 g/mol. The molecule has 2 rings (SSSR count). The highest BCUT2D eigenvalue weighted by atomic mass is 15.1. The molecule has 1 aromatic heterocycles. The fraction of sp³-hybridized carbons (Fsp3) is 0.545. The van der Waals surface area contributed by atoms with Crippen molar-refractivity contribution in [1.82, 2.24) is 9.88 Å². The van der Waals surface area contributed by atoms with E-state index in [9.17, 15) is 0 Å². The molecule has 0 atom stereocenters. The lowest BCUT2D eigenvalue weighted by Gasteiger charge is -2.16. The van der Waals surface area contributed by atoms with Crippen molar-refractivity contribution in [3.8, 4) is 0 Å². The minimum Gasteiger partial charge on any atom is -0.383 e. The molecule has 0 saturated heterocycles. The Bertz CT molecular complexity index is 307. The lowest BCUT2D eigenvalue weighted by atomic mass is 10.2. The fourth-order valence-corrected chi connectivity index (χ4v) is 1.68. The first-order valence-electron chi connectivity index (χ1n) is 5.13. The first-order valence-corrected chi connectivity index (χ1v) is 5.13. The van der Waals surface area contributed by atoms with Gasteiger partial charge in [-0.15, -0.1) is 0 Å². The topological polar surface area (TPSA) is 42.2 Å². The summed E-state index contributed by atoms with van der Waals surface area (Å²) in [6.07, 6.45) is 4.53. The van der Waals surface area contributed by atoms with Crippen LogP contribution >= 0.6 is 0 Å². The Labute approximate surface area is 84.9 Å². The zero-order valence-corrected chi connectivity index (χ0v) is 8.61. The Kier molecular flexibility index (Phi) is 2.68. The monoisotopic (exact) mass is 191 g/mol. The van der Waals surface area contributed by atoms with Crippen LogP contribution in [0.15, 0.2) is 18.3 Å². The van der Waals surface area contributed by atoms with Crippen LogP contribution in [-0.4, -0.2) is 23.5 Å². The SMILES string of the molecule is CN(Cc1cccnc1N)CC1CC1. The fourth-order valence-electron chi connectivity index (χ4n) is 1.68. The van der Waals surface area contributed by atoms with Crippen LogP contribution in [0.3, 0.4) is 0 Å². The summed E-state index contributed by atoms with van der Waals surface area (Å²) in [5.41, 5.74) is 6.91. The molecule has 1 heterocycles. The third-order valence-electron chi connectivity index (χ3n) is 2.63. The van der Waals surface area contributed by atoms with Gasteiger partial charge in [-0.25, -0.2) is 4.98 Å². The van der Waals surface area contributed by atoms with Crippen LogP contribution in [0.25, 0.3) is 0 Å². The molecule has 0 radical (unpaired) electrons. The van der Waals surface area contributed by atoms with Gasteiger partial charge >= 0.3 is 0 Å². The number of rotatable bonds is 4. The van der Waals surface area contributed by atoms with Crippen LogP contribution in [0.4, 0.5) is 5.82 Å². The number of aromatic nitrogens is 1. The molecule has 1 saturated carbocycles. The van der Waals surface area contributed by atoms with Crippen LogP contribution in [0.1, 0.15) is 18.4 Å². The van der Waals surface area contributed by atoms with Gasteiger partial charge in [0.05, 0.1) is 0 Å². The van der Waals surface area contributed by atoms with E-state index in [1.54, 1.807) is 6.20 Å². The maximum absolute atomic E-state index is 5.78. The number of anilines is 1. The van der Waals surface area contributed by atoms with Gasteiger partial charge in [0.2, 0.25) is 0 Å². The molecule has 0 bridgehead atoms. The van der Waals surface area contributed by atoms with E-state index in [0.29, 0.717) is 5.82 Å². The van der Waals surface area contributed by atoms with Gasteiger partial charge in [-0.05, 0) is 31.9 Å². The number of nitrogens with two attached hydrogens (primary N) is 1. The molecular weight excluding hydrogens is 174 g/mol. The molecule has 0 aromatic carbocycles. The second kappa shape index (κ2) is 3.96. The second-order valence-electron chi connectivity index (χ2n) is 4.19. The van der Waals surface area contributed by atoms with Crippen molar-refractivity contribution in [1.29, 1.82) is 0 Å². The Morgan fingerprint density at radius 3 is 3.00 bits per heavy atom. The molecule has 14 heavy (non-hydrogen) atoms. The van der Waals surface area contributed by atoms with Crippen molar-refractivity contribution in [3.63, 3.8) is 0 Å². The molecule has 2 N–H and O–H groups in total. The number of pyridine rings is 1. The van der Waals surface area contributed by atoms with Gasteiger partial charge in [-0.3, -0.25) is 0 Å². The van der Waals surface area contributed by atoms with E-state index in [0.717, 1.165) is 18.0 Å². The van der Waals surface area contributed by atoms with Gasteiger partial charge in [0.1, 0.15) is 5.82 Å². The average Bonchev–Trinajstić information content (AvgIpc) is 2.93. The quantitative estimate of drug-likeness (QED) is 0.784. The van der Waals surface area contributed by atoms with E-state index in [2.05, 4.69) is 16.9 Å². The van der Waals surface area contributed by atoms with Crippen LogP contribution in [-0.2, 0) is 6.54 Å². The van der Waals surface area contributed by atoms with E-state index in [-0.39, 0.29) is 0 Å². The molecule has 3 nitrogen and oxygen atoms in total. The predicted octanol–water partition coefficient (Wildman–Crippen LogP) is 1.51. The number of hydrogen-bond acceptors (Lipinski definition) is 3. The molecular formula is C11H17N3. The van der Waals surface area contributed by atoms with Crippen molar-refractivity contribution in [2.24, 2.45) is 5.92 Å². The van der Waals surface area contributed by atoms with Crippen molar-refractivity contribution in [2.75, 3.05) is 19.3 Å². The van der Waals surface area contributed by atoms with Crippen LogP contribution < -0.4 is 5.73 Å². The Balaban J connectivity index is 1.91. The lowest BCUT2D eigenvalue weighted by Crippen LogP contribution is -2.21. The molecule has 0 aliphatic heterocycles. The van der Waals surface area contributed by atoms with Gasteiger partial charge in [0, 0.05) is 24.8 Å². The van der Waals surface area contributed by atoms with Crippen LogP contribution in [0, 0.1) is 5.92 Å². The Hall–Kier alpha value is -1.09. The smallest absolute Gasteiger partial charge is 0.127 e. The zero-order valence-electron chi connectivity index (χ0n) is 8.61. The summed E-state index contributed by atoms with van der Waals surface area (Å²) in [6, 6.07) is 3.99. The third-order valence-corrected chi connectivity index (χ3v) is 2.63. The number of hydrogen-bond donors (Lipinski definition) is 1. The minimum atomic E-state index is 0.662. The predicted molar refractivity (Wildman–Crippen MR) is 57.7 cm³/mol. The van der Waals surface area contributed by atoms with Gasteiger partial charge in [-0.2, -0.15) is 0 Å². The van der Waals surface area contributed by atoms with E-state index >= 15 is 0 Å². The van der Waals surface area contributed by atoms with Crippen molar-refractivity contribution in [2.45, 2.75) is 19.4 Å². The summed E-state index contributed by atoms with van der Waals surface area (Å²) in [5.74, 6) is 1.59. The first-order chi connectivity index (χ1) is 6.75. The first kappa shape index (κ1) is 9.46. The Morgan fingerprint density at radius 2 is 2.36 bits per heavy atom. The molecule has 0 spiro atoms. The normalized spacial score (nSPS) is 16.1. The molecule has 3 heteroatoms. The molecule has 76 valence electrons. The largest absolute Gasteiger partial charge is 0.383 e. The molecule has 1 aliphatic rings. The molecule has 1 aliphatic carbocycles. The summed E-state index contributed by atoms with van der Waals surface area (Å²) in [6.45, 7) is 2.10. The van der Waals surface area contributed by atoms with Gasteiger partial charge < -0.3 is 10.6 Å². The summed E-state index contributed by atoms with van der Waals surface area (Å²) >= 11 is 0. The van der Waals surface area contributed by atoms with Gasteiger partial charge in [0.25, 0.3) is 0 Å². The van der Waals surface area contributed by atoms with E-state index in [1.165, 1.54) is 19.4 Å². The van der Waals surface area contributed by atoms with Gasteiger partial charge in [-0.1, -0.05) is 6.07 Å². The maximum atomic E-state index is 5.78. The molecule has 0 unspecified atom stereocenters. The number of nitrogen functional groups attached to an aromatic ring is 1. The van der Waals surface area contributed by atoms with Crippen molar-refractivity contribution in [3.05, 3.63) is 23.9 Å². The van der Waals surface area contributed by atoms with Crippen LogP contribution in [0.5, 0.6) is 0 Å². The highest BCUT2D eigenvalue weighted by Crippen LogP contribution is 2.29. The second-order valence-corrected chi connectivity index (χ2v) is 4.19. The summed E-state index contributed by atoms with van der Waals surface area (Å²) in [4.78, 5) is 6.40. The molecule has 1 fully saturated rings. The van der Waals surface area contributed by atoms with E-state index in [4.69, 9.17) is 5.73 Å². The van der Waals surface area contributed by atoms with Crippen molar-refractivity contribution < 1.29 is 0 Å². The highest BCUT2D eigenvalue weighted by Gasteiger charge is 2.22. The standard InChI is InChI=1S/C11H17N3/c1-14(7-9-4-5-9)8-10-3-2-6-13-11(10)12/h2-3,6,9H,4-5,7-8H2,1H3,(H2,12,13). The Morgan fingerprint density at radius 1 is 1.57 bits per heavy atom. The van der Waals surface area contributed by atoms with Gasteiger partial charge in [0.15, 0.2) is 0 Å². The third kappa shape index (κ3) is 2.45. The van der Waals surface area contributed by atoms with E-state index in [1.807, 2.05) is 12.1 Å². The van der Waals surface area contributed by atoms with Crippen molar-refractivity contribution >= 4 is 5.82 Å². The minimum absolute atomic E-state index is 0.662. The number of nitrogens with zero attached hydrogens (tertiary/aromatic N) is 2.